The average molecular weight is 799 g/mol. The molecule has 2 aliphatic rings. The predicted molar refractivity (Wildman–Crippen MR) is 218 cm³/mol. The van der Waals surface area contributed by atoms with E-state index in [0.717, 1.165) is 33.4 Å². The molecule has 0 bridgehead atoms. The van der Waals surface area contributed by atoms with Gasteiger partial charge in [-0.3, -0.25) is 19.2 Å². The van der Waals surface area contributed by atoms with E-state index in [4.69, 9.17) is 37.9 Å². The molecule has 308 valence electrons. The number of amides is 2. The van der Waals surface area contributed by atoms with Gasteiger partial charge in [0.05, 0.1) is 69.0 Å². The molecule has 0 radical (unpaired) electrons. The second kappa shape index (κ2) is 18.7. The SMILES string of the molecule is COc1cc2c(c(OC)c1OC)-c1ccc(OC)c(=O)cc1[C@@H](NC(C)=O)CC2.COc1cc2c(c(OC)c1OC)-c1ccc(OC)c(=O)cc1[C@@H](NC(C)=O)CC2. The van der Waals surface area contributed by atoms with E-state index in [9.17, 15) is 19.2 Å². The zero-order valence-corrected chi connectivity index (χ0v) is 34.5. The summed E-state index contributed by atoms with van der Waals surface area (Å²) in [4.78, 5) is 49.0. The van der Waals surface area contributed by atoms with Crippen LogP contribution in [0.25, 0.3) is 22.3 Å². The van der Waals surface area contributed by atoms with Gasteiger partial charge in [-0.05, 0) is 95.5 Å². The molecule has 0 saturated heterocycles. The van der Waals surface area contributed by atoms with Crippen LogP contribution in [0.1, 0.15) is 61.0 Å². The molecule has 14 heteroatoms. The molecule has 0 aromatic heterocycles. The largest absolute Gasteiger partial charge is 0.493 e. The highest BCUT2D eigenvalue weighted by molar-refractivity contribution is 5.85. The maximum atomic E-state index is 12.6. The highest BCUT2D eigenvalue weighted by atomic mass is 16.5. The molecule has 14 nitrogen and oxygen atoms in total. The number of carbonyl (C=O) groups is 2. The molecular formula is C44H50N2O12. The summed E-state index contributed by atoms with van der Waals surface area (Å²) < 4.78 is 44.0. The third-order valence-corrected chi connectivity index (χ3v) is 10.2. The molecule has 2 N–H and O–H groups in total. The van der Waals surface area contributed by atoms with E-state index in [-0.39, 0.29) is 46.3 Å². The van der Waals surface area contributed by atoms with Crippen LogP contribution in [0.5, 0.6) is 46.0 Å². The Kier molecular flexibility index (Phi) is 13.7. The summed E-state index contributed by atoms with van der Waals surface area (Å²) in [5.41, 5.74) is 6.02. The van der Waals surface area contributed by atoms with Crippen LogP contribution in [0.3, 0.4) is 0 Å². The number of hydrogen-bond acceptors (Lipinski definition) is 12. The van der Waals surface area contributed by atoms with Crippen molar-refractivity contribution in [1.82, 2.24) is 10.6 Å². The number of nitrogens with one attached hydrogen (secondary N) is 2. The van der Waals surface area contributed by atoms with Gasteiger partial charge in [0.2, 0.25) is 34.2 Å². The number of fused-ring (bicyclic) bond motifs is 6. The number of methoxy groups -OCH3 is 8. The van der Waals surface area contributed by atoms with Crippen molar-refractivity contribution in [2.45, 2.75) is 51.6 Å². The van der Waals surface area contributed by atoms with Gasteiger partial charge in [0.15, 0.2) is 34.5 Å². The molecule has 0 saturated carbocycles. The molecule has 2 amide bonds. The highest BCUT2D eigenvalue weighted by Crippen LogP contribution is 2.51. The van der Waals surface area contributed by atoms with E-state index in [0.29, 0.717) is 71.3 Å². The lowest BCUT2D eigenvalue weighted by Crippen LogP contribution is -2.26. The molecule has 4 aromatic carbocycles. The van der Waals surface area contributed by atoms with Gasteiger partial charge in [0.25, 0.3) is 0 Å². The Hall–Kier alpha value is -6.44. The Bertz CT molecular complexity index is 2170. The van der Waals surface area contributed by atoms with Gasteiger partial charge in [0.1, 0.15) is 0 Å². The molecule has 0 spiro atoms. The first-order chi connectivity index (χ1) is 27.9. The van der Waals surface area contributed by atoms with Gasteiger partial charge in [-0.1, -0.05) is 12.1 Å². The first-order valence-corrected chi connectivity index (χ1v) is 18.5. The summed E-state index contributed by atoms with van der Waals surface area (Å²) in [7, 11) is 12.3. The molecule has 0 aliphatic heterocycles. The van der Waals surface area contributed by atoms with Gasteiger partial charge >= 0.3 is 0 Å². The fourth-order valence-corrected chi connectivity index (χ4v) is 7.72. The summed E-state index contributed by atoms with van der Waals surface area (Å²) in [5.74, 6) is 3.21. The van der Waals surface area contributed by atoms with Gasteiger partial charge in [-0.2, -0.15) is 0 Å². The molecule has 0 unspecified atom stereocenters. The second-order valence-corrected chi connectivity index (χ2v) is 13.5. The number of hydrogen-bond donors (Lipinski definition) is 2. The molecule has 2 aliphatic carbocycles. The van der Waals surface area contributed by atoms with Crippen LogP contribution >= 0.6 is 0 Å². The fraction of sp³-hybridized carbons (Fsp3) is 0.364. The lowest BCUT2D eigenvalue weighted by molar-refractivity contribution is -0.120. The standard InChI is InChI=1S/2C22H25NO6/c2*1-12(24)23-16-8-6-13-10-19(27-3)21(28-4)22(29-5)20(13)14-7-9-18(26-2)17(25)11-15(14)16/h2*7,9-11,16H,6,8H2,1-5H3,(H,23,24)/t2*16-/m00/s1. The number of carbonyl (C=O) groups excluding carboxylic acids is 2. The third kappa shape index (κ3) is 8.46. The van der Waals surface area contributed by atoms with Crippen molar-refractivity contribution in [2.24, 2.45) is 0 Å². The third-order valence-electron chi connectivity index (χ3n) is 10.2. The average Bonchev–Trinajstić information content (AvgIpc) is 3.60. The summed E-state index contributed by atoms with van der Waals surface area (Å²) >= 11 is 0. The van der Waals surface area contributed by atoms with Gasteiger partial charge in [0, 0.05) is 25.0 Å². The molecule has 0 fully saturated rings. The lowest BCUT2D eigenvalue weighted by Gasteiger charge is -2.19. The van der Waals surface area contributed by atoms with Crippen LogP contribution < -0.4 is 59.4 Å². The minimum Gasteiger partial charge on any atom is -0.493 e. The normalized spacial score (nSPS) is 14.7. The number of rotatable bonds is 10. The van der Waals surface area contributed by atoms with E-state index >= 15 is 0 Å². The Morgan fingerprint density at radius 1 is 0.483 bits per heavy atom. The van der Waals surface area contributed by atoms with Crippen molar-refractivity contribution >= 4 is 11.8 Å². The Morgan fingerprint density at radius 2 is 0.828 bits per heavy atom. The van der Waals surface area contributed by atoms with Crippen molar-refractivity contribution in [3.63, 3.8) is 0 Å². The first-order valence-electron chi connectivity index (χ1n) is 18.5. The zero-order chi connectivity index (χ0) is 42.3. The highest BCUT2D eigenvalue weighted by Gasteiger charge is 2.31. The van der Waals surface area contributed by atoms with Crippen molar-refractivity contribution in [1.29, 1.82) is 0 Å². The number of aryl methyl sites for hydroxylation is 2. The first kappa shape index (κ1) is 42.7. The van der Waals surface area contributed by atoms with E-state index in [2.05, 4.69) is 10.6 Å². The molecule has 4 aromatic rings. The summed E-state index contributed by atoms with van der Waals surface area (Å²) in [6.07, 6.45) is 2.54. The second-order valence-electron chi connectivity index (χ2n) is 13.5. The zero-order valence-electron chi connectivity index (χ0n) is 34.5. The van der Waals surface area contributed by atoms with Crippen LogP contribution in [0, 0.1) is 0 Å². The van der Waals surface area contributed by atoms with Crippen LogP contribution in [-0.2, 0) is 22.4 Å². The van der Waals surface area contributed by atoms with Crippen molar-refractivity contribution in [3.05, 3.63) is 91.2 Å². The smallest absolute Gasteiger partial charge is 0.220 e. The Labute approximate surface area is 337 Å². The van der Waals surface area contributed by atoms with Crippen molar-refractivity contribution < 1.29 is 47.5 Å². The predicted octanol–water partition coefficient (Wildman–Crippen LogP) is 5.74. The van der Waals surface area contributed by atoms with Gasteiger partial charge in [-0.25, -0.2) is 0 Å². The molecule has 58 heavy (non-hydrogen) atoms. The van der Waals surface area contributed by atoms with Gasteiger partial charge < -0.3 is 48.5 Å². The Morgan fingerprint density at radius 3 is 1.12 bits per heavy atom. The lowest BCUT2D eigenvalue weighted by atomic mass is 9.95. The minimum atomic E-state index is -0.332. The molecule has 0 heterocycles. The number of ether oxygens (including phenoxy) is 8. The maximum Gasteiger partial charge on any atom is 0.220 e. The maximum absolute atomic E-state index is 12.6. The Balaban J connectivity index is 0.000000221. The van der Waals surface area contributed by atoms with E-state index < -0.39 is 0 Å². The van der Waals surface area contributed by atoms with Crippen LogP contribution in [0.15, 0.2) is 58.1 Å². The summed E-state index contributed by atoms with van der Waals surface area (Å²) in [6, 6.07) is 13.1. The van der Waals surface area contributed by atoms with Crippen LogP contribution in [0.4, 0.5) is 0 Å². The van der Waals surface area contributed by atoms with E-state index in [1.807, 2.05) is 24.3 Å². The minimum absolute atomic E-state index is 0.167. The number of benzene rings is 2. The fourth-order valence-electron chi connectivity index (χ4n) is 7.72. The van der Waals surface area contributed by atoms with Crippen molar-refractivity contribution in [3.8, 4) is 68.2 Å². The van der Waals surface area contributed by atoms with E-state index in [1.165, 1.54) is 40.2 Å². The monoisotopic (exact) mass is 798 g/mol. The van der Waals surface area contributed by atoms with Crippen molar-refractivity contribution in [2.75, 3.05) is 56.9 Å². The van der Waals surface area contributed by atoms with E-state index in [1.54, 1.807) is 54.8 Å². The quantitative estimate of drug-likeness (QED) is 0.200. The topological polar surface area (TPSA) is 166 Å². The van der Waals surface area contributed by atoms with Crippen LogP contribution in [0.2, 0.25) is 0 Å². The molecule has 2 atom stereocenters. The van der Waals surface area contributed by atoms with Crippen LogP contribution in [-0.4, -0.2) is 68.7 Å². The molecule has 6 rings (SSSR count). The summed E-state index contributed by atoms with van der Waals surface area (Å²) in [6.45, 7) is 2.93. The van der Waals surface area contributed by atoms with Gasteiger partial charge in [-0.15, -0.1) is 0 Å². The molecular weight excluding hydrogens is 748 g/mol. The summed E-state index contributed by atoms with van der Waals surface area (Å²) in [5, 5.41) is 5.93.